The smallest absolute Gasteiger partial charge is 0.323 e. The monoisotopic (exact) mass is 361 g/mol. The van der Waals surface area contributed by atoms with Crippen molar-refractivity contribution in [3.63, 3.8) is 0 Å². The molecule has 1 aliphatic heterocycles. The van der Waals surface area contributed by atoms with Gasteiger partial charge in [0.15, 0.2) is 17.3 Å². The molecule has 1 saturated heterocycles. The van der Waals surface area contributed by atoms with Gasteiger partial charge in [-0.3, -0.25) is 14.5 Å². The van der Waals surface area contributed by atoms with Crippen molar-refractivity contribution in [1.29, 1.82) is 0 Å². The van der Waals surface area contributed by atoms with Crippen LogP contribution in [0.15, 0.2) is 24.3 Å². The summed E-state index contributed by atoms with van der Waals surface area (Å²) in [5.74, 6) is 0.216. The average Bonchev–Trinajstić information content (AvgIpc) is 2.65. The molecule has 1 aromatic carbocycles. The summed E-state index contributed by atoms with van der Waals surface area (Å²) in [7, 11) is 1.48. The zero-order valence-electron chi connectivity index (χ0n) is 15.4. The van der Waals surface area contributed by atoms with Gasteiger partial charge in [-0.15, -0.1) is 0 Å². The van der Waals surface area contributed by atoms with Gasteiger partial charge in [-0.05, 0) is 50.1 Å². The molecule has 6 nitrogen and oxygen atoms in total. The van der Waals surface area contributed by atoms with Gasteiger partial charge in [0.1, 0.15) is 6.04 Å². The van der Waals surface area contributed by atoms with E-state index in [0.717, 1.165) is 31.4 Å². The highest BCUT2D eigenvalue weighted by atomic mass is 16.5. The van der Waals surface area contributed by atoms with Crippen molar-refractivity contribution in [3.05, 3.63) is 29.8 Å². The molecule has 1 aromatic rings. The lowest BCUT2D eigenvalue weighted by Crippen LogP contribution is -2.46. The van der Waals surface area contributed by atoms with E-state index < -0.39 is 0 Å². The SMILES string of the molecule is CCOC(=O)C1CCCCN1CCC(=O)C=Cc1ccc(OC)c(O)c1. The van der Waals surface area contributed by atoms with Crippen LogP contribution in [0.4, 0.5) is 0 Å². The number of ketones is 1. The maximum Gasteiger partial charge on any atom is 0.323 e. The zero-order chi connectivity index (χ0) is 18.9. The van der Waals surface area contributed by atoms with E-state index in [0.29, 0.717) is 25.3 Å². The van der Waals surface area contributed by atoms with Crippen LogP contribution in [0.1, 0.15) is 38.2 Å². The molecular weight excluding hydrogens is 334 g/mol. The summed E-state index contributed by atoms with van der Waals surface area (Å²) < 4.78 is 10.1. The number of phenols is 1. The fourth-order valence-electron chi connectivity index (χ4n) is 3.10. The van der Waals surface area contributed by atoms with Gasteiger partial charge < -0.3 is 14.6 Å². The number of hydrogen-bond donors (Lipinski definition) is 1. The topological polar surface area (TPSA) is 76.1 Å². The van der Waals surface area contributed by atoms with Crippen molar-refractivity contribution in [2.75, 3.05) is 26.8 Å². The number of likely N-dealkylation sites (tertiary alicyclic amines) is 1. The standard InChI is InChI=1S/C20H27NO5/c1-3-26-20(24)17-6-4-5-12-21(17)13-11-16(22)9-7-15-8-10-19(25-2)18(23)14-15/h7-10,14,17,23H,3-6,11-13H2,1-2H3. The van der Waals surface area contributed by atoms with Gasteiger partial charge in [0.05, 0.1) is 13.7 Å². The molecule has 26 heavy (non-hydrogen) atoms. The molecule has 1 unspecified atom stereocenters. The lowest BCUT2D eigenvalue weighted by atomic mass is 10.0. The first-order valence-electron chi connectivity index (χ1n) is 9.03. The molecule has 6 heteroatoms. The predicted molar refractivity (Wildman–Crippen MR) is 99.2 cm³/mol. The van der Waals surface area contributed by atoms with Gasteiger partial charge in [-0.25, -0.2) is 0 Å². The Balaban J connectivity index is 1.88. The lowest BCUT2D eigenvalue weighted by molar-refractivity contribution is -0.151. The molecule has 142 valence electrons. The van der Waals surface area contributed by atoms with Crippen LogP contribution in [-0.2, 0) is 14.3 Å². The van der Waals surface area contributed by atoms with Crippen LogP contribution in [0.2, 0.25) is 0 Å². The zero-order valence-corrected chi connectivity index (χ0v) is 15.4. The molecule has 0 spiro atoms. The molecule has 0 aromatic heterocycles. The van der Waals surface area contributed by atoms with Crippen LogP contribution in [0.25, 0.3) is 6.08 Å². The molecule has 0 aliphatic carbocycles. The molecular formula is C20H27NO5. The van der Waals surface area contributed by atoms with E-state index in [1.807, 2.05) is 4.90 Å². The molecule has 1 aliphatic rings. The van der Waals surface area contributed by atoms with Crippen molar-refractivity contribution in [2.24, 2.45) is 0 Å². The minimum atomic E-state index is -0.237. The predicted octanol–water partition coefficient (Wildman–Crippen LogP) is 2.79. The summed E-state index contributed by atoms with van der Waals surface area (Å²) >= 11 is 0. The van der Waals surface area contributed by atoms with Gasteiger partial charge in [0, 0.05) is 13.0 Å². The van der Waals surface area contributed by atoms with E-state index in [-0.39, 0.29) is 23.5 Å². The van der Waals surface area contributed by atoms with Crippen LogP contribution in [0.5, 0.6) is 11.5 Å². The fraction of sp³-hybridized carbons (Fsp3) is 0.500. The first-order chi connectivity index (χ1) is 12.5. The Bertz CT molecular complexity index is 656. The molecule has 1 heterocycles. The first-order valence-corrected chi connectivity index (χ1v) is 9.03. The second-order valence-corrected chi connectivity index (χ2v) is 6.28. The van der Waals surface area contributed by atoms with Crippen LogP contribution >= 0.6 is 0 Å². The van der Waals surface area contributed by atoms with E-state index in [9.17, 15) is 14.7 Å². The number of carbonyl (C=O) groups excluding carboxylic acids is 2. The van der Waals surface area contributed by atoms with Crippen molar-refractivity contribution in [2.45, 2.75) is 38.6 Å². The second-order valence-electron chi connectivity index (χ2n) is 6.28. The second kappa shape index (κ2) is 9.97. The number of phenolic OH excluding ortho intramolecular Hbond substituents is 1. The summed E-state index contributed by atoms with van der Waals surface area (Å²) in [5, 5.41) is 9.76. The number of ether oxygens (including phenoxy) is 2. The summed E-state index contributed by atoms with van der Waals surface area (Å²) in [6.07, 6.45) is 6.34. The highest BCUT2D eigenvalue weighted by molar-refractivity contribution is 5.93. The van der Waals surface area contributed by atoms with Gasteiger partial charge in [-0.1, -0.05) is 18.6 Å². The van der Waals surface area contributed by atoms with Crippen LogP contribution in [-0.4, -0.2) is 54.6 Å². The highest BCUT2D eigenvalue weighted by Crippen LogP contribution is 2.26. The number of carbonyl (C=O) groups is 2. The van der Waals surface area contributed by atoms with Crippen molar-refractivity contribution >= 4 is 17.8 Å². The number of allylic oxidation sites excluding steroid dienone is 1. The van der Waals surface area contributed by atoms with E-state index in [4.69, 9.17) is 9.47 Å². The molecule has 0 amide bonds. The first kappa shape index (κ1) is 20.0. The minimum Gasteiger partial charge on any atom is -0.504 e. The Labute approximate surface area is 154 Å². The van der Waals surface area contributed by atoms with Gasteiger partial charge in [-0.2, -0.15) is 0 Å². The average molecular weight is 361 g/mol. The van der Waals surface area contributed by atoms with E-state index >= 15 is 0 Å². The maximum atomic E-state index is 12.2. The normalized spacial score (nSPS) is 18.0. The summed E-state index contributed by atoms with van der Waals surface area (Å²) in [6, 6.07) is 4.73. The number of hydrogen-bond acceptors (Lipinski definition) is 6. The van der Waals surface area contributed by atoms with Crippen LogP contribution in [0.3, 0.4) is 0 Å². The van der Waals surface area contributed by atoms with Crippen molar-refractivity contribution in [1.82, 2.24) is 4.90 Å². The Kier molecular flexibility index (Phi) is 7.66. The molecule has 2 rings (SSSR count). The van der Waals surface area contributed by atoms with Crippen LogP contribution in [0, 0.1) is 0 Å². The Morgan fingerprint density at radius 2 is 2.15 bits per heavy atom. The number of rotatable bonds is 8. The van der Waals surface area contributed by atoms with Crippen LogP contribution < -0.4 is 4.74 Å². The number of esters is 1. The number of aromatic hydroxyl groups is 1. The molecule has 0 radical (unpaired) electrons. The minimum absolute atomic E-state index is 0.0199. The third-order valence-electron chi connectivity index (χ3n) is 4.48. The Morgan fingerprint density at radius 3 is 2.85 bits per heavy atom. The summed E-state index contributed by atoms with van der Waals surface area (Å²) in [4.78, 5) is 26.3. The fourth-order valence-corrected chi connectivity index (χ4v) is 3.10. The number of benzene rings is 1. The number of nitrogens with zero attached hydrogens (tertiary/aromatic N) is 1. The van der Waals surface area contributed by atoms with E-state index in [1.54, 1.807) is 31.2 Å². The maximum absolute atomic E-state index is 12.2. The third kappa shape index (κ3) is 5.59. The summed E-state index contributed by atoms with van der Waals surface area (Å²) in [6.45, 7) is 3.53. The molecule has 1 atom stereocenters. The summed E-state index contributed by atoms with van der Waals surface area (Å²) in [5.41, 5.74) is 0.721. The van der Waals surface area contributed by atoms with Gasteiger partial charge >= 0.3 is 5.97 Å². The molecule has 1 N–H and O–H groups in total. The van der Waals surface area contributed by atoms with Crippen molar-refractivity contribution in [3.8, 4) is 11.5 Å². The van der Waals surface area contributed by atoms with Crippen molar-refractivity contribution < 1.29 is 24.2 Å². The third-order valence-corrected chi connectivity index (χ3v) is 4.48. The molecule has 0 bridgehead atoms. The van der Waals surface area contributed by atoms with E-state index in [2.05, 4.69) is 0 Å². The highest BCUT2D eigenvalue weighted by Gasteiger charge is 2.29. The Morgan fingerprint density at radius 1 is 1.35 bits per heavy atom. The lowest BCUT2D eigenvalue weighted by Gasteiger charge is -2.33. The quantitative estimate of drug-likeness (QED) is 0.567. The van der Waals surface area contributed by atoms with Gasteiger partial charge in [0.25, 0.3) is 0 Å². The van der Waals surface area contributed by atoms with E-state index in [1.165, 1.54) is 13.2 Å². The molecule has 0 saturated carbocycles. The molecule has 1 fully saturated rings. The Hall–Kier alpha value is -2.34. The van der Waals surface area contributed by atoms with Gasteiger partial charge in [0.2, 0.25) is 0 Å². The largest absolute Gasteiger partial charge is 0.504 e. The number of piperidine rings is 1. The number of methoxy groups -OCH3 is 1.